The molecule has 160 valence electrons. The summed E-state index contributed by atoms with van der Waals surface area (Å²) in [6.07, 6.45) is 0. The highest BCUT2D eigenvalue weighted by Crippen LogP contribution is 2.27. The van der Waals surface area contributed by atoms with Crippen LogP contribution in [-0.2, 0) is 4.79 Å². The lowest BCUT2D eigenvalue weighted by Crippen LogP contribution is -2.19. The van der Waals surface area contributed by atoms with Gasteiger partial charge >= 0.3 is 0 Å². The summed E-state index contributed by atoms with van der Waals surface area (Å²) < 4.78 is 5.12. The van der Waals surface area contributed by atoms with Gasteiger partial charge in [-0.3, -0.25) is 4.79 Å². The Balaban J connectivity index is 1.51. The van der Waals surface area contributed by atoms with E-state index in [1.807, 2.05) is 55.5 Å². The van der Waals surface area contributed by atoms with Crippen molar-refractivity contribution in [2.75, 3.05) is 28.8 Å². The molecule has 0 aliphatic carbocycles. The van der Waals surface area contributed by atoms with E-state index in [0.717, 1.165) is 16.3 Å². The molecule has 31 heavy (non-hydrogen) atoms. The molecule has 0 spiro atoms. The molecule has 0 fully saturated rings. The maximum atomic E-state index is 12.3. The van der Waals surface area contributed by atoms with E-state index in [1.54, 1.807) is 25.3 Å². The third kappa shape index (κ3) is 7.17. The Bertz CT molecular complexity index is 1070. The molecule has 0 radical (unpaired) electrons. The third-order valence-corrected chi connectivity index (χ3v) is 5.70. The second-order valence-corrected chi connectivity index (χ2v) is 8.52. The van der Waals surface area contributed by atoms with Crippen molar-refractivity contribution in [3.63, 3.8) is 0 Å². The van der Waals surface area contributed by atoms with Crippen LogP contribution in [0.1, 0.15) is 5.56 Å². The van der Waals surface area contributed by atoms with E-state index in [9.17, 15) is 4.79 Å². The highest BCUT2D eigenvalue weighted by molar-refractivity contribution is 8.00. The van der Waals surface area contributed by atoms with Crippen molar-refractivity contribution in [3.05, 3.63) is 77.3 Å². The fraction of sp³-hybridized carbons (Fsp3) is 0.130. The Hall–Kier alpha value is -2.74. The Morgan fingerprint density at radius 1 is 0.968 bits per heavy atom. The largest absolute Gasteiger partial charge is 0.495 e. The minimum Gasteiger partial charge on any atom is -0.495 e. The number of carbonyl (C=O) groups is 1. The third-order valence-electron chi connectivity index (χ3n) is 4.21. The number of hydrogen-bond donors (Lipinski definition) is 3. The van der Waals surface area contributed by atoms with Crippen LogP contribution in [-0.4, -0.2) is 23.9 Å². The molecule has 0 saturated heterocycles. The first-order chi connectivity index (χ1) is 14.9. The number of thioether (sulfide) groups is 1. The summed E-state index contributed by atoms with van der Waals surface area (Å²) in [4.78, 5) is 13.2. The molecular weight excluding hydrogens is 450 g/mol. The maximum Gasteiger partial charge on any atom is 0.234 e. The summed E-state index contributed by atoms with van der Waals surface area (Å²) >= 11 is 12.9. The van der Waals surface area contributed by atoms with Crippen molar-refractivity contribution >= 4 is 63.7 Å². The molecule has 0 aliphatic rings. The minimum absolute atomic E-state index is 0.124. The molecule has 5 nitrogen and oxygen atoms in total. The monoisotopic (exact) mass is 471 g/mol. The summed E-state index contributed by atoms with van der Waals surface area (Å²) in [6.45, 7) is 2.04. The van der Waals surface area contributed by atoms with E-state index in [-0.39, 0.29) is 11.7 Å². The van der Waals surface area contributed by atoms with Gasteiger partial charge in [0.2, 0.25) is 5.91 Å². The van der Waals surface area contributed by atoms with Crippen molar-refractivity contribution in [3.8, 4) is 5.75 Å². The number of aryl methyl sites for hydroxylation is 1. The highest BCUT2D eigenvalue weighted by Gasteiger charge is 2.07. The van der Waals surface area contributed by atoms with Crippen molar-refractivity contribution in [1.82, 2.24) is 0 Å². The molecule has 0 unspecified atom stereocenters. The van der Waals surface area contributed by atoms with Crippen LogP contribution in [0.3, 0.4) is 0 Å². The molecule has 3 aromatic rings. The number of methoxy groups -OCH3 is 1. The van der Waals surface area contributed by atoms with Crippen LogP contribution in [0.2, 0.25) is 5.02 Å². The van der Waals surface area contributed by atoms with Crippen LogP contribution in [0.15, 0.2) is 71.6 Å². The second kappa shape index (κ2) is 11.0. The fourth-order valence-electron chi connectivity index (χ4n) is 2.68. The molecule has 1 amide bonds. The van der Waals surface area contributed by atoms with E-state index in [4.69, 9.17) is 28.6 Å². The number of ether oxygens (including phenoxy) is 1. The van der Waals surface area contributed by atoms with Gasteiger partial charge in [0.1, 0.15) is 5.75 Å². The Kier molecular flexibility index (Phi) is 8.17. The Morgan fingerprint density at radius 2 is 1.65 bits per heavy atom. The lowest BCUT2D eigenvalue weighted by molar-refractivity contribution is -0.113. The molecule has 3 rings (SSSR count). The first-order valence-corrected chi connectivity index (χ1v) is 11.2. The summed E-state index contributed by atoms with van der Waals surface area (Å²) in [7, 11) is 1.55. The minimum atomic E-state index is -0.124. The first-order valence-electron chi connectivity index (χ1n) is 9.44. The molecule has 0 bridgehead atoms. The average molecular weight is 472 g/mol. The van der Waals surface area contributed by atoms with Gasteiger partial charge in [0.15, 0.2) is 5.11 Å². The normalized spacial score (nSPS) is 10.3. The molecule has 3 aromatic carbocycles. The van der Waals surface area contributed by atoms with E-state index in [2.05, 4.69) is 16.0 Å². The molecule has 0 heterocycles. The lowest BCUT2D eigenvalue weighted by atomic mass is 10.2. The van der Waals surface area contributed by atoms with Crippen molar-refractivity contribution in [2.45, 2.75) is 11.8 Å². The first kappa shape index (κ1) is 22.9. The van der Waals surface area contributed by atoms with Gasteiger partial charge in [0.25, 0.3) is 0 Å². The molecule has 0 aromatic heterocycles. The lowest BCUT2D eigenvalue weighted by Gasteiger charge is -2.12. The SMILES string of the molecule is COc1ccc(NC(=O)CSc2cccc(NC(=S)Nc3ccc(C)cc3)c2)cc1Cl. The van der Waals surface area contributed by atoms with Crippen LogP contribution in [0.4, 0.5) is 17.1 Å². The summed E-state index contributed by atoms with van der Waals surface area (Å²) in [5.74, 6) is 0.702. The number of thiocarbonyl (C=S) groups is 1. The number of carbonyl (C=O) groups excluding carboxylic acids is 1. The van der Waals surface area contributed by atoms with Crippen LogP contribution in [0.5, 0.6) is 5.75 Å². The van der Waals surface area contributed by atoms with Gasteiger partial charge in [-0.25, -0.2) is 0 Å². The maximum absolute atomic E-state index is 12.3. The number of halogens is 1. The molecule has 0 saturated carbocycles. The second-order valence-electron chi connectivity index (χ2n) is 6.66. The number of benzene rings is 3. The van der Waals surface area contributed by atoms with E-state index in [0.29, 0.717) is 21.6 Å². The average Bonchev–Trinajstić information content (AvgIpc) is 2.74. The van der Waals surface area contributed by atoms with E-state index >= 15 is 0 Å². The van der Waals surface area contributed by atoms with Crippen molar-refractivity contribution < 1.29 is 9.53 Å². The molecule has 8 heteroatoms. The Morgan fingerprint density at radius 3 is 2.35 bits per heavy atom. The van der Waals surface area contributed by atoms with Crippen molar-refractivity contribution in [2.24, 2.45) is 0 Å². The standard InChI is InChI=1S/C23H22ClN3O2S2/c1-15-6-8-16(9-7-15)26-23(30)27-17-4-3-5-19(12-17)31-14-22(28)25-18-10-11-21(29-2)20(24)13-18/h3-13H,14H2,1-2H3,(H,25,28)(H2,26,27,30). The number of hydrogen-bond acceptors (Lipinski definition) is 4. The predicted molar refractivity (Wildman–Crippen MR) is 135 cm³/mol. The van der Waals surface area contributed by atoms with Gasteiger partial charge < -0.3 is 20.7 Å². The zero-order valence-electron chi connectivity index (χ0n) is 17.1. The van der Waals surface area contributed by atoms with Gasteiger partial charge in [0, 0.05) is 22.0 Å². The highest BCUT2D eigenvalue weighted by atomic mass is 35.5. The topological polar surface area (TPSA) is 62.4 Å². The van der Waals surface area contributed by atoms with Crippen LogP contribution < -0.4 is 20.7 Å². The predicted octanol–water partition coefficient (Wildman–Crippen LogP) is 6.20. The van der Waals surface area contributed by atoms with Crippen molar-refractivity contribution in [1.29, 1.82) is 0 Å². The zero-order chi connectivity index (χ0) is 22.2. The number of anilines is 3. The summed E-state index contributed by atoms with van der Waals surface area (Å²) in [5, 5.41) is 10.1. The fourth-order valence-corrected chi connectivity index (χ4v) is 3.93. The van der Waals surface area contributed by atoms with E-state index in [1.165, 1.54) is 17.3 Å². The van der Waals surface area contributed by atoms with Gasteiger partial charge in [-0.15, -0.1) is 11.8 Å². The molecule has 0 aliphatic heterocycles. The quantitative estimate of drug-likeness (QED) is 0.282. The van der Waals surface area contributed by atoms with Crippen LogP contribution in [0, 0.1) is 6.92 Å². The van der Waals surface area contributed by atoms with Gasteiger partial charge in [0.05, 0.1) is 17.9 Å². The summed E-state index contributed by atoms with van der Waals surface area (Å²) in [5.41, 5.74) is 3.58. The van der Waals surface area contributed by atoms with Crippen LogP contribution in [0.25, 0.3) is 0 Å². The molecule has 0 atom stereocenters. The molecular formula is C23H22ClN3O2S2. The van der Waals surface area contributed by atoms with Gasteiger partial charge in [-0.2, -0.15) is 0 Å². The van der Waals surface area contributed by atoms with Gasteiger partial charge in [-0.1, -0.05) is 35.4 Å². The van der Waals surface area contributed by atoms with E-state index < -0.39 is 0 Å². The van der Waals surface area contributed by atoms with Crippen LogP contribution >= 0.6 is 35.6 Å². The zero-order valence-corrected chi connectivity index (χ0v) is 19.5. The molecule has 3 N–H and O–H groups in total. The number of amides is 1. The number of rotatable bonds is 7. The van der Waals surface area contributed by atoms with Gasteiger partial charge in [-0.05, 0) is 67.7 Å². The number of nitrogens with one attached hydrogen (secondary N) is 3. The summed E-state index contributed by atoms with van der Waals surface area (Å²) in [6, 6.07) is 20.9. The smallest absolute Gasteiger partial charge is 0.234 e. The Labute approximate surface area is 196 Å².